The summed E-state index contributed by atoms with van der Waals surface area (Å²) in [5, 5.41) is 0.947. The summed E-state index contributed by atoms with van der Waals surface area (Å²) in [4.78, 5) is 34.4. The molecule has 0 bridgehead atoms. The number of carbonyl (C=O) groups is 1. The number of para-hydroxylation sites is 1. The smallest absolute Gasteiger partial charge is 0.297 e. The van der Waals surface area contributed by atoms with Crippen LogP contribution in [0.1, 0.15) is 45.2 Å². The lowest BCUT2D eigenvalue weighted by molar-refractivity contribution is 0.0971. The summed E-state index contributed by atoms with van der Waals surface area (Å²) in [5.41, 5.74) is 1.99. The van der Waals surface area contributed by atoms with Crippen LogP contribution in [0.15, 0.2) is 51.7 Å². The monoisotopic (exact) mass is 462 g/mol. The topological polar surface area (TPSA) is 81.9 Å². The molecule has 0 N–H and O–H groups in total. The maximum absolute atomic E-state index is 13.6. The van der Waals surface area contributed by atoms with Gasteiger partial charge in [0.05, 0.1) is 36.4 Å². The van der Waals surface area contributed by atoms with Crippen molar-refractivity contribution in [3.05, 3.63) is 80.1 Å². The van der Waals surface area contributed by atoms with Crippen LogP contribution in [0.4, 0.5) is 5.13 Å². The SMILES string of the molecule is CCOc1ccc([C@@H]2c3c(oc4ccccc4c3=O)C(=O)N2c2nc(C)c(C)s2)cc1OC. The fraction of sp³-hybridized carbons (Fsp3) is 0.240. The highest BCUT2D eigenvalue weighted by Gasteiger charge is 2.45. The van der Waals surface area contributed by atoms with Gasteiger partial charge in [0.1, 0.15) is 5.58 Å². The Balaban J connectivity index is 1.78. The molecule has 33 heavy (non-hydrogen) atoms. The first-order chi connectivity index (χ1) is 15.9. The number of carbonyl (C=O) groups excluding carboxylic acids is 1. The Kier molecular flexibility index (Phi) is 5.17. The molecular weight excluding hydrogens is 440 g/mol. The number of methoxy groups -OCH3 is 1. The van der Waals surface area contributed by atoms with Crippen LogP contribution in [-0.2, 0) is 0 Å². The van der Waals surface area contributed by atoms with Crippen LogP contribution in [0.2, 0.25) is 0 Å². The van der Waals surface area contributed by atoms with Gasteiger partial charge in [-0.15, -0.1) is 11.3 Å². The molecule has 1 atom stereocenters. The molecule has 8 heteroatoms. The first-order valence-electron chi connectivity index (χ1n) is 10.6. The Labute approximate surface area is 194 Å². The number of thiazole rings is 1. The fourth-order valence-corrected chi connectivity index (χ4v) is 5.06. The second-order valence-electron chi connectivity index (χ2n) is 7.73. The number of amides is 1. The molecule has 0 radical (unpaired) electrons. The van der Waals surface area contributed by atoms with Gasteiger partial charge >= 0.3 is 0 Å². The molecule has 4 aromatic rings. The van der Waals surface area contributed by atoms with Crippen molar-refractivity contribution >= 4 is 33.3 Å². The van der Waals surface area contributed by atoms with Crippen LogP contribution in [0, 0.1) is 13.8 Å². The number of ether oxygens (including phenoxy) is 2. The largest absolute Gasteiger partial charge is 0.493 e. The van der Waals surface area contributed by atoms with E-state index >= 15 is 0 Å². The van der Waals surface area contributed by atoms with Crippen LogP contribution in [0.3, 0.4) is 0 Å². The fourth-order valence-electron chi connectivity index (χ4n) is 4.12. The Morgan fingerprint density at radius 2 is 1.91 bits per heavy atom. The van der Waals surface area contributed by atoms with Gasteiger partial charge in [-0.25, -0.2) is 4.98 Å². The number of fused-ring (bicyclic) bond motifs is 2. The highest BCUT2D eigenvalue weighted by Crippen LogP contribution is 2.44. The van der Waals surface area contributed by atoms with Crippen molar-refractivity contribution in [3.8, 4) is 11.5 Å². The van der Waals surface area contributed by atoms with E-state index < -0.39 is 6.04 Å². The molecule has 5 rings (SSSR count). The average molecular weight is 463 g/mol. The van der Waals surface area contributed by atoms with Gasteiger partial charge in [-0.3, -0.25) is 14.5 Å². The van der Waals surface area contributed by atoms with Gasteiger partial charge in [0.2, 0.25) is 5.76 Å². The Morgan fingerprint density at radius 3 is 2.61 bits per heavy atom. The van der Waals surface area contributed by atoms with Crippen LogP contribution in [0.5, 0.6) is 11.5 Å². The van der Waals surface area contributed by atoms with E-state index in [1.54, 1.807) is 48.4 Å². The van der Waals surface area contributed by atoms with E-state index in [1.807, 2.05) is 26.8 Å². The second-order valence-corrected chi connectivity index (χ2v) is 8.91. The minimum atomic E-state index is -0.706. The van der Waals surface area contributed by atoms with Gasteiger partial charge in [0.15, 0.2) is 22.1 Å². The van der Waals surface area contributed by atoms with Crippen LogP contribution in [-0.4, -0.2) is 24.6 Å². The summed E-state index contributed by atoms with van der Waals surface area (Å²) in [5.74, 6) is 0.764. The van der Waals surface area contributed by atoms with Crippen molar-refractivity contribution in [1.29, 1.82) is 0 Å². The van der Waals surface area contributed by atoms with Gasteiger partial charge in [-0.1, -0.05) is 18.2 Å². The summed E-state index contributed by atoms with van der Waals surface area (Å²) < 4.78 is 17.2. The quantitative estimate of drug-likeness (QED) is 0.414. The van der Waals surface area contributed by atoms with Gasteiger partial charge in [0, 0.05) is 4.88 Å². The molecule has 0 fully saturated rings. The molecule has 3 heterocycles. The van der Waals surface area contributed by atoms with E-state index in [9.17, 15) is 9.59 Å². The molecule has 1 aliphatic heterocycles. The van der Waals surface area contributed by atoms with Crippen molar-refractivity contribution in [2.45, 2.75) is 26.8 Å². The Bertz CT molecular complexity index is 1440. The summed E-state index contributed by atoms with van der Waals surface area (Å²) in [7, 11) is 1.56. The molecular formula is C25H22N2O5S. The number of benzene rings is 2. The maximum atomic E-state index is 13.6. The average Bonchev–Trinajstić information content (AvgIpc) is 3.30. The molecule has 168 valence electrons. The third kappa shape index (κ3) is 3.29. The highest BCUT2D eigenvalue weighted by molar-refractivity contribution is 7.15. The van der Waals surface area contributed by atoms with Crippen molar-refractivity contribution < 1.29 is 18.7 Å². The van der Waals surface area contributed by atoms with E-state index in [0.29, 0.717) is 45.3 Å². The first-order valence-corrected chi connectivity index (χ1v) is 11.4. The number of anilines is 1. The summed E-state index contributed by atoms with van der Waals surface area (Å²) >= 11 is 1.41. The maximum Gasteiger partial charge on any atom is 0.297 e. The van der Waals surface area contributed by atoms with Crippen molar-refractivity contribution in [2.75, 3.05) is 18.6 Å². The highest BCUT2D eigenvalue weighted by atomic mass is 32.1. The zero-order chi connectivity index (χ0) is 23.3. The van der Waals surface area contributed by atoms with Crippen molar-refractivity contribution in [3.63, 3.8) is 0 Å². The minimum Gasteiger partial charge on any atom is -0.493 e. The molecule has 0 aliphatic carbocycles. The van der Waals surface area contributed by atoms with E-state index in [4.69, 9.17) is 13.9 Å². The summed E-state index contributed by atoms with van der Waals surface area (Å²) in [6.45, 7) is 6.23. The standard InChI is InChI=1S/C25H22N2O5S/c1-5-31-18-11-10-15(12-19(18)30-4)21-20-22(28)16-8-6-7-9-17(16)32-23(20)24(29)27(21)25-26-13(2)14(3)33-25/h6-12,21H,5H2,1-4H3/t21-/m1/s1. The Morgan fingerprint density at radius 1 is 1.12 bits per heavy atom. The summed E-state index contributed by atoms with van der Waals surface area (Å²) in [6, 6.07) is 11.7. The molecule has 2 aromatic heterocycles. The lowest BCUT2D eigenvalue weighted by Gasteiger charge is -2.23. The van der Waals surface area contributed by atoms with Gasteiger partial charge in [-0.2, -0.15) is 0 Å². The third-order valence-electron chi connectivity index (χ3n) is 5.80. The molecule has 7 nitrogen and oxygen atoms in total. The number of aryl methyl sites for hydroxylation is 2. The van der Waals surface area contributed by atoms with E-state index in [0.717, 1.165) is 10.6 Å². The molecule has 0 saturated heterocycles. The zero-order valence-electron chi connectivity index (χ0n) is 18.7. The second kappa shape index (κ2) is 8.04. The zero-order valence-corrected chi connectivity index (χ0v) is 19.5. The van der Waals surface area contributed by atoms with E-state index in [-0.39, 0.29) is 17.1 Å². The molecule has 1 amide bonds. The van der Waals surface area contributed by atoms with Crippen molar-refractivity contribution in [2.24, 2.45) is 0 Å². The first kappa shape index (κ1) is 21.2. The van der Waals surface area contributed by atoms with Gasteiger partial charge in [-0.05, 0) is 50.6 Å². The van der Waals surface area contributed by atoms with Gasteiger partial charge in [0.25, 0.3) is 5.91 Å². The van der Waals surface area contributed by atoms with Gasteiger partial charge < -0.3 is 13.9 Å². The van der Waals surface area contributed by atoms with E-state index in [1.165, 1.54) is 11.3 Å². The molecule has 0 spiro atoms. The molecule has 2 aromatic carbocycles. The number of rotatable bonds is 5. The normalized spacial score (nSPS) is 15.2. The summed E-state index contributed by atoms with van der Waals surface area (Å²) in [6.07, 6.45) is 0. The third-order valence-corrected chi connectivity index (χ3v) is 6.88. The number of hydrogen-bond donors (Lipinski definition) is 0. The Hall–Kier alpha value is -3.65. The lowest BCUT2D eigenvalue weighted by Crippen LogP contribution is -2.29. The predicted octanol–water partition coefficient (Wildman–Crippen LogP) is 5.02. The predicted molar refractivity (Wildman–Crippen MR) is 127 cm³/mol. The lowest BCUT2D eigenvalue weighted by atomic mass is 9.98. The minimum absolute atomic E-state index is 0.0436. The molecule has 0 unspecified atom stereocenters. The molecule has 1 aliphatic rings. The van der Waals surface area contributed by atoms with Crippen LogP contribution >= 0.6 is 11.3 Å². The molecule has 0 saturated carbocycles. The number of nitrogens with zero attached hydrogens (tertiary/aromatic N) is 2. The van der Waals surface area contributed by atoms with Crippen LogP contribution in [0.25, 0.3) is 11.0 Å². The number of hydrogen-bond acceptors (Lipinski definition) is 7. The van der Waals surface area contributed by atoms with Crippen molar-refractivity contribution in [1.82, 2.24) is 4.98 Å². The van der Waals surface area contributed by atoms with Crippen LogP contribution < -0.4 is 19.8 Å². The van der Waals surface area contributed by atoms with E-state index in [2.05, 4.69) is 4.98 Å². The number of aromatic nitrogens is 1.